The van der Waals surface area contributed by atoms with Gasteiger partial charge in [-0.2, -0.15) is 0 Å². The number of aromatic nitrogens is 1. The first kappa shape index (κ1) is 19.4. The fourth-order valence-electron chi connectivity index (χ4n) is 4.58. The molecule has 1 aliphatic rings. The largest absolute Gasteiger partial charge is 0.440 e. The van der Waals surface area contributed by atoms with Gasteiger partial charge in [0.25, 0.3) is 0 Å². The minimum Gasteiger partial charge on any atom is -0.440 e. The Morgan fingerprint density at radius 2 is 1.33 bits per heavy atom. The second-order valence-electron chi connectivity index (χ2n) is 8.19. The first-order valence-corrected chi connectivity index (χ1v) is 10.9. The normalized spacial score (nSPS) is 13.8. The maximum absolute atomic E-state index is 12.4. The molecule has 0 fully saturated rings. The Labute approximate surface area is 191 Å². The lowest BCUT2D eigenvalue weighted by atomic mass is 9.97. The molecule has 160 valence electrons. The van der Waals surface area contributed by atoms with Crippen LogP contribution in [0.5, 0.6) is 11.5 Å². The van der Waals surface area contributed by atoms with Crippen molar-refractivity contribution in [3.63, 3.8) is 0 Å². The average molecular weight is 431 g/mol. The number of rotatable bonds is 4. The summed E-state index contributed by atoms with van der Waals surface area (Å²) in [7, 11) is 0. The van der Waals surface area contributed by atoms with Crippen LogP contribution >= 0.6 is 0 Å². The molecule has 0 aliphatic carbocycles. The highest BCUT2D eigenvalue weighted by atomic mass is 16.7. The molecule has 0 unspecified atom stereocenters. The summed E-state index contributed by atoms with van der Waals surface area (Å²) in [5, 5.41) is 0.999. The molecule has 4 nitrogen and oxygen atoms in total. The number of fused-ring (bicyclic) bond motifs is 2. The molecule has 0 bridgehead atoms. The van der Waals surface area contributed by atoms with E-state index >= 15 is 0 Å². The fraction of sp³-hybridized carbons (Fsp3) is 0.0690. The SMILES string of the molecule is CC(=O)c1[nH]c2ccccc2c1-c1ccc2c(c1)OC(c1ccccc1)(c1ccccc1)O2. The minimum atomic E-state index is -1.08. The van der Waals surface area contributed by atoms with E-state index in [0.717, 1.165) is 33.2 Å². The van der Waals surface area contributed by atoms with Gasteiger partial charge in [0.05, 0.1) is 5.69 Å². The van der Waals surface area contributed by atoms with Crippen LogP contribution in [-0.2, 0) is 5.79 Å². The van der Waals surface area contributed by atoms with Gasteiger partial charge in [0, 0.05) is 34.5 Å². The van der Waals surface area contributed by atoms with Crippen molar-refractivity contribution in [2.75, 3.05) is 0 Å². The summed E-state index contributed by atoms with van der Waals surface area (Å²) < 4.78 is 13.1. The van der Waals surface area contributed by atoms with Crippen LogP contribution in [-0.4, -0.2) is 10.8 Å². The van der Waals surface area contributed by atoms with Gasteiger partial charge in [0.1, 0.15) is 0 Å². The summed E-state index contributed by atoms with van der Waals surface area (Å²) in [6.45, 7) is 1.58. The number of Topliss-reactive ketones (excluding diaryl/α,β-unsaturated/α-hetero) is 1. The second-order valence-corrected chi connectivity index (χ2v) is 8.19. The molecular weight excluding hydrogens is 410 g/mol. The first-order chi connectivity index (χ1) is 16.2. The Morgan fingerprint density at radius 3 is 2.00 bits per heavy atom. The zero-order valence-electron chi connectivity index (χ0n) is 18.0. The van der Waals surface area contributed by atoms with Gasteiger partial charge < -0.3 is 14.5 Å². The number of H-pyrrole nitrogens is 1. The molecule has 33 heavy (non-hydrogen) atoms. The lowest BCUT2D eigenvalue weighted by molar-refractivity contribution is -0.0459. The predicted molar refractivity (Wildman–Crippen MR) is 129 cm³/mol. The van der Waals surface area contributed by atoms with Gasteiger partial charge in [0.2, 0.25) is 0 Å². The summed E-state index contributed by atoms with van der Waals surface area (Å²) in [6, 6.07) is 33.7. The van der Waals surface area contributed by atoms with Crippen molar-refractivity contribution in [1.29, 1.82) is 0 Å². The van der Waals surface area contributed by atoms with E-state index in [2.05, 4.69) is 4.98 Å². The van der Waals surface area contributed by atoms with Gasteiger partial charge in [-0.3, -0.25) is 4.79 Å². The van der Waals surface area contributed by atoms with Crippen molar-refractivity contribution >= 4 is 16.7 Å². The minimum absolute atomic E-state index is 0.0122. The molecule has 0 atom stereocenters. The Balaban J connectivity index is 1.51. The number of nitrogens with one attached hydrogen (secondary N) is 1. The standard InChI is InChI=1S/C29H21NO3/c1-19(31)28-27(23-14-8-9-15-24(23)30-28)20-16-17-25-26(18-20)33-29(32-25,21-10-4-2-5-11-21)22-12-6-3-7-13-22/h2-18,30H,1H3. The third-order valence-corrected chi connectivity index (χ3v) is 6.11. The number of ketones is 1. The predicted octanol–water partition coefficient (Wildman–Crippen LogP) is 6.71. The molecule has 0 saturated heterocycles. The molecule has 4 heteroatoms. The third-order valence-electron chi connectivity index (χ3n) is 6.11. The molecule has 6 rings (SSSR count). The molecule has 0 amide bonds. The highest BCUT2D eigenvalue weighted by molar-refractivity contribution is 6.09. The molecule has 2 heterocycles. The van der Waals surface area contributed by atoms with E-state index < -0.39 is 5.79 Å². The Bertz CT molecular complexity index is 1450. The van der Waals surface area contributed by atoms with Crippen LogP contribution in [0, 0.1) is 0 Å². The summed E-state index contributed by atoms with van der Waals surface area (Å²) in [4.78, 5) is 15.7. The van der Waals surface area contributed by atoms with Crippen LogP contribution in [0.3, 0.4) is 0 Å². The number of hydrogen-bond donors (Lipinski definition) is 1. The molecule has 0 saturated carbocycles. The van der Waals surface area contributed by atoms with Crippen LogP contribution < -0.4 is 9.47 Å². The van der Waals surface area contributed by atoms with Crippen LogP contribution in [0.4, 0.5) is 0 Å². The summed E-state index contributed by atoms with van der Waals surface area (Å²) in [6.07, 6.45) is 0. The van der Waals surface area contributed by atoms with Gasteiger partial charge in [-0.1, -0.05) is 84.9 Å². The monoisotopic (exact) mass is 431 g/mol. The van der Waals surface area contributed by atoms with E-state index in [0.29, 0.717) is 17.2 Å². The van der Waals surface area contributed by atoms with Crippen molar-refractivity contribution in [1.82, 2.24) is 4.98 Å². The van der Waals surface area contributed by atoms with Crippen molar-refractivity contribution in [3.05, 3.63) is 120 Å². The number of carbonyl (C=O) groups is 1. The number of hydrogen-bond acceptors (Lipinski definition) is 3. The van der Waals surface area contributed by atoms with E-state index in [4.69, 9.17) is 9.47 Å². The molecule has 4 aromatic carbocycles. The van der Waals surface area contributed by atoms with Crippen molar-refractivity contribution < 1.29 is 14.3 Å². The maximum Gasteiger partial charge on any atom is 0.305 e. The second kappa shape index (κ2) is 7.38. The number of benzene rings is 4. The fourth-order valence-corrected chi connectivity index (χ4v) is 4.58. The number of aromatic amines is 1. The van der Waals surface area contributed by atoms with E-state index in [-0.39, 0.29) is 5.78 Å². The van der Waals surface area contributed by atoms with Crippen molar-refractivity contribution in [2.24, 2.45) is 0 Å². The third kappa shape index (κ3) is 3.03. The van der Waals surface area contributed by atoms with Gasteiger partial charge in [-0.05, 0) is 23.8 Å². The Kier molecular flexibility index (Phi) is 4.34. The molecule has 0 radical (unpaired) electrons. The van der Waals surface area contributed by atoms with E-state index in [1.165, 1.54) is 0 Å². The van der Waals surface area contributed by atoms with Crippen LogP contribution in [0.1, 0.15) is 28.5 Å². The quantitative estimate of drug-likeness (QED) is 0.322. The van der Waals surface area contributed by atoms with Crippen molar-refractivity contribution in [2.45, 2.75) is 12.7 Å². The number of ether oxygens (including phenoxy) is 2. The lowest BCUT2D eigenvalue weighted by Gasteiger charge is -2.28. The highest BCUT2D eigenvalue weighted by Crippen LogP contribution is 2.49. The maximum atomic E-state index is 12.4. The molecule has 5 aromatic rings. The number of carbonyl (C=O) groups excluding carboxylic acids is 1. The van der Waals surface area contributed by atoms with Gasteiger partial charge in [-0.15, -0.1) is 0 Å². The molecular formula is C29H21NO3. The van der Waals surface area contributed by atoms with Gasteiger partial charge in [-0.25, -0.2) is 0 Å². The van der Waals surface area contributed by atoms with Crippen molar-refractivity contribution in [3.8, 4) is 22.6 Å². The van der Waals surface area contributed by atoms with Gasteiger partial charge >= 0.3 is 5.79 Å². The smallest absolute Gasteiger partial charge is 0.305 e. The summed E-state index contributed by atoms with van der Waals surface area (Å²) in [5.41, 5.74) is 5.11. The summed E-state index contributed by atoms with van der Waals surface area (Å²) >= 11 is 0. The molecule has 1 aromatic heterocycles. The first-order valence-electron chi connectivity index (χ1n) is 10.9. The number of para-hydroxylation sites is 1. The topological polar surface area (TPSA) is 51.3 Å². The van der Waals surface area contributed by atoms with Crippen LogP contribution in [0.2, 0.25) is 0 Å². The molecule has 1 N–H and O–H groups in total. The highest BCUT2D eigenvalue weighted by Gasteiger charge is 2.45. The summed E-state index contributed by atoms with van der Waals surface area (Å²) in [5.74, 6) is 0.213. The van der Waals surface area contributed by atoms with E-state index in [9.17, 15) is 4.79 Å². The molecule has 1 aliphatic heterocycles. The van der Waals surface area contributed by atoms with Crippen LogP contribution in [0.15, 0.2) is 103 Å². The Morgan fingerprint density at radius 1 is 0.727 bits per heavy atom. The van der Waals surface area contributed by atoms with E-state index in [1.54, 1.807) is 6.92 Å². The van der Waals surface area contributed by atoms with Gasteiger partial charge in [0.15, 0.2) is 17.3 Å². The average Bonchev–Trinajstić information content (AvgIpc) is 3.44. The Hall–Kier alpha value is -4.31. The zero-order chi connectivity index (χ0) is 22.4. The zero-order valence-corrected chi connectivity index (χ0v) is 18.0. The van der Waals surface area contributed by atoms with E-state index in [1.807, 2.05) is 103 Å². The molecule has 0 spiro atoms. The van der Waals surface area contributed by atoms with Crippen LogP contribution in [0.25, 0.3) is 22.0 Å². The lowest BCUT2D eigenvalue weighted by Crippen LogP contribution is -2.36.